The van der Waals surface area contributed by atoms with E-state index in [2.05, 4.69) is 19.1 Å². The molecule has 1 N–H and O–H groups in total. The Morgan fingerprint density at radius 1 is 1.15 bits per heavy atom. The molecule has 3 heteroatoms. The van der Waals surface area contributed by atoms with Crippen LogP contribution < -0.4 is 0 Å². The smallest absolute Gasteiger partial charge is 0.312 e. The first-order chi connectivity index (χ1) is 12.6. The maximum Gasteiger partial charge on any atom is 0.312 e. The molecule has 0 amide bonds. The molecule has 148 valence electrons. The lowest BCUT2D eigenvalue weighted by Gasteiger charge is -2.51. The van der Waals surface area contributed by atoms with Crippen LogP contribution in [0.15, 0.2) is 12.2 Å². The largest absolute Gasteiger partial charge is 0.465 e. The first-order valence-electron chi connectivity index (χ1n) is 11.1. The number of aliphatic hydroxyl groups excluding tert-OH is 1. The molecule has 2 atom stereocenters. The number of aliphatic hydroxyl groups is 1. The number of allylic oxidation sites excluding steroid dienone is 1. The molecule has 0 spiro atoms. The normalized spacial score (nSPS) is 33.3. The molecular formula is C23H38O3. The van der Waals surface area contributed by atoms with Crippen LogP contribution >= 0.6 is 0 Å². The fraction of sp³-hybridized carbons (Fsp3) is 0.870. The van der Waals surface area contributed by atoms with Crippen LogP contribution in [-0.2, 0) is 9.53 Å². The molecule has 3 saturated carbocycles. The third kappa shape index (κ3) is 4.35. The van der Waals surface area contributed by atoms with E-state index in [1.807, 2.05) is 0 Å². The lowest BCUT2D eigenvalue weighted by molar-refractivity contribution is -0.191. The summed E-state index contributed by atoms with van der Waals surface area (Å²) in [7, 11) is 0. The first-order valence-corrected chi connectivity index (χ1v) is 11.1. The van der Waals surface area contributed by atoms with Crippen molar-refractivity contribution in [1.29, 1.82) is 0 Å². The fourth-order valence-electron chi connectivity index (χ4n) is 5.78. The maximum atomic E-state index is 12.1. The van der Waals surface area contributed by atoms with Gasteiger partial charge in [0.15, 0.2) is 0 Å². The van der Waals surface area contributed by atoms with Crippen molar-refractivity contribution in [3.63, 3.8) is 0 Å². The highest BCUT2D eigenvalue weighted by Crippen LogP contribution is 2.73. The number of carbonyl (C=O) groups is 1. The SMILES string of the molecule is CCCCCC[C@@H](O)CC=CCCCCCC1CC23COC(=O)C1(C2)C3. The number of rotatable bonds is 13. The zero-order chi connectivity index (χ0) is 18.5. The predicted molar refractivity (Wildman–Crippen MR) is 105 cm³/mol. The van der Waals surface area contributed by atoms with Crippen LogP contribution in [0.25, 0.3) is 0 Å². The summed E-state index contributed by atoms with van der Waals surface area (Å²) < 4.78 is 5.40. The zero-order valence-electron chi connectivity index (χ0n) is 16.7. The van der Waals surface area contributed by atoms with Crippen LogP contribution in [0.1, 0.15) is 96.8 Å². The molecule has 0 aromatic carbocycles. The van der Waals surface area contributed by atoms with Gasteiger partial charge in [0.2, 0.25) is 0 Å². The highest BCUT2D eigenvalue weighted by Gasteiger charge is 2.73. The molecule has 4 fully saturated rings. The van der Waals surface area contributed by atoms with Crippen molar-refractivity contribution in [2.75, 3.05) is 6.61 Å². The Morgan fingerprint density at radius 3 is 2.77 bits per heavy atom. The van der Waals surface area contributed by atoms with E-state index in [9.17, 15) is 9.90 Å². The molecule has 3 aliphatic carbocycles. The van der Waals surface area contributed by atoms with E-state index in [1.54, 1.807) is 0 Å². The zero-order valence-corrected chi connectivity index (χ0v) is 16.7. The molecule has 2 bridgehead atoms. The standard InChI is InChI=1S/C23H38O3/c1-2-3-4-10-13-20(24)14-11-8-6-5-7-9-12-19-15-22-16-23(19,17-22)21(25)26-18-22/h8,11,19-20,24H,2-7,9-10,12-18H2,1H3/t19?,20-,22?,23?/m1/s1. The monoisotopic (exact) mass is 362 g/mol. The number of hydrogen-bond donors (Lipinski definition) is 1. The molecule has 26 heavy (non-hydrogen) atoms. The van der Waals surface area contributed by atoms with E-state index in [-0.39, 0.29) is 17.5 Å². The number of cyclic esters (lactones) is 1. The molecule has 1 heterocycles. The highest BCUT2D eigenvalue weighted by atomic mass is 16.5. The van der Waals surface area contributed by atoms with E-state index in [4.69, 9.17) is 4.74 Å². The Labute approximate surface area is 159 Å². The van der Waals surface area contributed by atoms with Gasteiger partial charge >= 0.3 is 5.97 Å². The number of esters is 1. The Morgan fingerprint density at radius 2 is 1.96 bits per heavy atom. The van der Waals surface area contributed by atoms with Gasteiger partial charge in [0, 0.05) is 5.41 Å². The molecule has 4 aliphatic rings. The van der Waals surface area contributed by atoms with Gasteiger partial charge in [-0.05, 0) is 57.3 Å². The summed E-state index contributed by atoms with van der Waals surface area (Å²) in [6.07, 6.45) is 20.4. The van der Waals surface area contributed by atoms with Crippen LogP contribution in [0.5, 0.6) is 0 Å². The van der Waals surface area contributed by atoms with Crippen LogP contribution in [0.4, 0.5) is 0 Å². The quantitative estimate of drug-likeness (QED) is 0.265. The minimum Gasteiger partial charge on any atom is -0.465 e. The number of carbonyl (C=O) groups excluding carboxylic acids is 1. The average molecular weight is 363 g/mol. The first kappa shape index (κ1) is 19.9. The third-order valence-corrected chi connectivity index (χ3v) is 7.15. The minimum atomic E-state index is -0.158. The lowest BCUT2D eigenvalue weighted by atomic mass is 9.57. The number of fused-ring (bicyclic) bond motifs is 1. The van der Waals surface area contributed by atoms with Gasteiger partial charge in [-0.1, -0.05) is 57.6 Å². The van der Waals surface area contributed by atoms with Gasteiger partial charge < -0.3 is 9.84 Å². The van der Waals surface area contributed by atoms with E-state index in [0.717, 1.165) is 38.5 Å². The van der Waals surface area contributed by atoms with Crippen molar-refractivity contribution in [2.45, 2.75) is 103 Å². The second kappa shape index (κ2) is 8.91. The van der Waals surface area contributed by atoms with Gasteiger partial charge in [-0.25, -0.2) is 0 Å². The molecule has 4 rings (SSSR count). The Balaban J connectivity index is 1.20. The Kier molecular flexibility index (Phi) is 6.82. The minimum absolute atomic E-state index is 0.0641. The van der Waals surface area contributed by atoms with Gasteiger partial charge in [0.05, 0.1) is 18.1 Å². The van der Waals surface area contributed by atoms with E-state index < -0.39 is 0 Å². The molecular weight excluding hydrogens is 324 g/mol. The topological polar surface area (TPSA) is 46.5 Å². The van der Waals surface area contributed by atoms with E-state index in [1.165, 1.54) is 51.4 Å². The highest BCUT2D eigenvalue weighted by molar-refractivity contribution is 5.81. The summed E-state index contributed by atoms with van der Waals surface area (Å²) in [5, 5.41) is 9.95. The number of hydrogen-bond acceptors (Lipinski definition) is 3. The lowest BCUT2D eigenvalue weighted by Crippen LogP contribution is -2.53. The van der Waals surface area contributed by atoms with E-state index in [0.29, 0.717) is 17.9 Å². The Bertz CT molecular complexity index is 490. The van der Waals surface area contributed by atoms with Crippen LogP contribution in [0.3, 0.4) is 0 Å². The molecule has 0 aromatic heterocycles. The third-order valence-electron chi connectivity index (χ3n) is 7.15. The summed E-state index contributed by atoms with van der Waals surface area (Å²) in [6.45, 7) is 2.91. The molecule has 1 saturated heterocycles. The molecule has 0 aromatic rings. The second-order valence-corrected chi connectivity index (χ2v) is 9.34. The summed E-state index contributed by atoms with van der Waals surface area (Å²) in [5.74, 6) is 0.703. The van der Waals surface area contributed by atoms with Crippen LogP contribution in [0.2, 0.25) is 0 Å². The van der Waals surface area contributed by atoms with Crippen molar-refractivity contribution in [2.24, 2.45) is 16.7 Å². The maximum absolute atomic E-state index is 12.1. The molecule has 3 nitrogen and oxygen atoms in total. The van der Waals surface area contributed by atoms with Crippen molar-refractivity contribution in [1.82, 2.24) is 0 Å². The second-order valence-electron chi connectivity index (χ2n) is 9.34. The van der Waals surface area contributed by atoms with Gasteiger partial charge in [-0.3, -0.25) is 4.79 Å². The average Bonchev–Trinajstić information content (AvgIpc) is 3.04. The summed E-state index contributed by atoms with van der Waals surface area (Å²) in [5.41, 5.74) is 0.324. The summed E-state index contributed by atoms with van der Waals surface area (Å²) in [6, 6.07) is 0. The number of unbranched alkanes of at least 4 members (excludes halogenated alkanes) is 6. The predicted octanol–water partition coefficient (Wildman–Crippen LogP) is 5.56. The molecule has 1 aliphatic heterocycles. The van der Waals surface area contributed by atoms with E-state index >= 15 is 0 Å². The molecule has 1 unspecified atom stereocenters. The van der Waals surface area contributed by atoms with Crippen molar-refractivity contribution < 1.29 is 14.6 Å². The number of ether oxygens (including phenoxy) is 1. The van der Waals surface area contributed by atoms with Crippen molar-refractivity contribution >= 4 is 5.97 Å². The Hall–Kier alpha value is -0.830. The summed E-state index contributed by atoms with van der Waals surface area (Å²) in [4.78, 5) is 12.1. The van der Waals surface area contributed by atoms with Crippen molar-refractivity contribution in [3.05, 3.63) is 12.2 Å². The van der Waals surface area contributed by atoms with Gasteiger partial charge in [0.25, 0.3) is 0 Å². The van der Waals surface area contributed by atoms with Crippen molar-refractivity contribution in [3.8, 4) is 0 Å². The molecule has 0 radical (unpaired) electrons. The van der Waals surface area contributed by atoms with Crippen LogP contribution in [-0.4, -0.2) is 23.8 Å². The van der Waals surface area contributed by atoms with Gasteiger partial charge in [0.1, 0.15) is 0 Å². The van der Waals surface area contributed by atoms with Gasteiger partial charge in [-0.2, -0.15) is 0 Å². The summed E-state index contributed by atoms with van der Waals surface area (Å²) >= 11 is 0. The van der Waals surface area contributed by atoms with Crippen LogP contribution in [0, 0.1) is 16.7 Å². The fourth-order valence-corrected chi connectivity index (χ4v) is 5.78. The van der Waals surface area contributed by atoms with Gasteiger partial charge in [-0.15, -0.1) is 0 Å².